The van der Waals surface area contributed by atoms with Gasteiger partial charge in [-0.3, -0.25) is 4.79 Å². The number of hydrogen-bond donors (Lipinski definition) is 2. The second-order valence-corrected chi connectivity index (χ2v) is 2.36. The Balaban J connectivity index is 2.59. The predicted molar refractivity (Wildman–Crippen MR) is 43.5 cm³/mol. The molecule has 5 heteroatoms. The third-order valence-electron chi connectivity index (χ3n) is 1.38. The Bertz CT molecular complexity index is 269. The molecule has 3 N–H and O–H groups in total. The maximum absolute atomic E-state index is 11.2. The van der Waals surface area contributed by atoms with Gasteiger partial charge in [-0.25, -0.2) is 0 Å². The van der Waals surface area contributed by atoms with Crippen LogP contribution in [0.5, 0.6) is 0 Å². The van der Waals surface area contributed by atoms with Crippen LogP contribution in [-0.4, -0.2) is 17.6 Å². The van der Waals surface area contributed by atoms with Gasteiger partial charge in [0, 0.05) is 6.54 Å². The molecule has 0 saturated heterocycles. The van der Waals surface area contributed by atoms with Gasteiger partial charge in [0.2, 0.25) is 5.88 Å². The van der Waals surface area contributed by atoms with Crippen molar-refractivity contribution < 1.29 is 9.32 Å². The van der Waals surface area contributed by atoms with Crippen molar-refractivity contribution in [1.29, 1.82) is 0 Å². The molecular weight excluding hydrogens is 158 g/mol. The van der Waals surface area contributed by atoms with Crippen LogP contribution < -0.4 is 11.1 Å². The van der Waals surface area contributed by atoms with E-state index in [1.807, 2.05) is 6.92 Å². The van der Waals surface area contributed by atoms with E-state index < -0.39 is 0 Å². The number of carbonyl (C=O) groups excluding carboxylic acids is 1. The third kappa shape index (κ3) is 1.75. The molecule has 0 aliphatic carbocycles. The first-order valence-electron chi connectivity index (χ1n) is 3.74. The lowest BCUT2D eigenvalue weighted by atomic mass is 10.3. The van der Waals surface area contributed by atoms with Gasteiger partial charge in [0.15, 0.2) is 0 Å². The summed E-state index contributed by atoms with van der Waals surface area (Å²) in [5.41, 5.74) is 5.62. The molecule has 0 radical (unpaired) electrons. The van der Waals surface area contributed by atoms with Crippen LogP contribution in [0.25, 0.3) is 0 Å². The molecule has 12 heavy (non-hydrogen) atoms. The largest absolute Gasteiger partial charge is 0.367 e. The highest BCUT2D eigenvalue weighted by Crippen LogP contribution is 2.08. The van der Waals surface area contributed by atoms with E-state index in [0.29, 0.717) is 12.1 Å². The number of amides is 1. The van der Waals surface area contributed by atoms with Gasteiger partial charge >= 0.3 is 0 Å². The molecule has 0 aliphatic heterocycles. The van der Waals surface area contributed by atoms with Crippen LogP contribution in [0.1, 0.15) is 23.7 Å². The molecule has 66 valence electrons. The van der Waals surface area contributed by atoms with Gasteiger partial charge in [0.25, 0.3) is 5.91 Å². The summed E-state index contributed by atoms with van der Waals surface area (Å²) in [5, 5.41) is 6.05. The van der Waals surface area contributed by atoms with Crippen molar-refractivity contribution in [1.82, 2.24) is 10.5 Å². The Morgan fingerprint density at radius 3 is 3.08 bits per heavy atom. The van der Waals surface area contributed by atoms with E-state index in [1.165, 1.54) is 6.20 Å². The highest BCUT2D eigenvalue weighted by Gasteiger charge is 2.11. The zero-order valence-electron chi connectivity index (χ0n) is 6.83. The molecule has 0 bridgehead atoms. The molecule has 1 aromatic rings. The second-order valence-electron chi connectivity index (χ2n) is 2.36. The molecular formula is C7H11N3O2. The summed E-state index contributed by atoms with van der Waals surface area (Å²) in [6.45, 7) is 2.60. The first-order chi connectivity index (χ1) is 5.75. The maximum atomic E-state index is 11.2. The number of nitrogens with zero attached hydrogens (tertiary/aromatic N) is 1. The topological polar surface area (TPSA) is 81.2 Å². The summed E-state index contributed by atoms with van der Waals surface area (Å²) in [7, 11) is 0. The number of nitrogen functional groups attached to an aromatic ring is 1. The fourth-order valence-electron chi connectivity index (χ4n) is 0.753. The number of rotatable bonds is 3. The zero-order chi connectivity index (χ0) is 8.97. The van der Waals surface area contributed by atoms with Crippen LogP contribution in [0.3, 0.4) is 0 Å². The molecule has 0 fully saturated rings. The lowest BCUT2D eigenvalue weighted by Gasteiger charge is -1.99. The Hall–Kier alpha value is -1.52. The van der Waals surface area contributed by atoms with E-state index in [1.54, 1.807) is 0 Å². The molecule has 0 atom stereocenters. The average Bonchev–Trinajstić information content (AvgIpc) is 2.47. The van der Waals surface area contributed by atoms with E-state index in [0.717, 1.165) is 6.42 Å². The minimum absolute atomic E-state index is 0.0589. The number of hydrogen-bond acceptors (Lipinski definition) is 4. The van der Waals surface area contributed by atoms with Gasteiger partial charge in [0.1, 0.15) is 5.56 Å². The maximum Gasteiger partial charge on any atom is 0.258 e. The van der Waals surface area contributed by atoms with Crippen LogP contribution >= 0.6 is 0 Å². The quantitative estimate of drug-likeness (QED) is 0.686. The molecule has 1 rings (SSSR count). The number of aromatic nitrogens is 1. The Kier molecular flexibility index (Phi) is 2.68. The highest BCUT2D eigenvalue weighted by atomic mass is 16.5. The Morgan fingerprint density at radius 1 is 1.83 bits per heavy atom. The van der Waals surface area contributed by atoms with Crippen LogP contribution in [-0.2, 0) is 0 Å². The molecule has 1 amide bonds. The average molecular weight is 169 g/mol. The molecule has 1 aromatic heterocycles. The number of carbonyl (C=O) groups is 1. The van der Waals surface area contributed by atoms with Crippen molar-refractivity contribution in [2.45, 2.75) is 13.3 Å². The van der Waals surface area contributed by atoms with Gasteiger partial charge in [0.05, 0.1) is 6.20 Å². The smallest absolute Gasteiger partial charge is 0.258 e. The zero-order valence-corrected chi connectivity index (χ0v) is 6.83. The second kappa shape index (κ2) is 3.75. The SMILES string of the molecule is CCCNC(=O)c1cnoc1N. The summed E-state index contributed by atoms with van der Waals surface area (Å²) in [4.78, 5) is 11.2. The van der Waals surface area contributed by atoms with Gasteiger partial charge in [-0.2, -0.15) is 0 Å². The Morgan fingerprint density at radius 2 is 2.58 bits per heavy atom. The number of nitrogens with one attached hydrogen (secondary N) is 1. The van der Waals surface area contributed by atoms with Gasteiger partial charge in [-0.1, -0.05) is 12.1 Å². The minimum Gasteiger partial charge on any atom is -0.367 e. The Labute approximate surface area is 69.9 Å². The van der Waals surface area contributed by atoms with Crippen LogP contribution in [0.15, 0.2) is 10.7 Å². The van der Waals surface area contributed by atoms with Crippen molar-refractivity contribution in [2.24, 2.45) is 0 Å². The normalized spacial score (nSPS) is 9.75. The summed E-state index contributed by atoms with van der Waals surface area (Å²) < 4.78 is 4.53. The van der Waals surface area contributed by atoms with Crippen LogP contribution in [0, 0.1) is 0 Å². The van der Waals surface area contributed by atoms with Crippen LogP contribution in [0.4, 0.5) is 5.88 Å². The van der Waals surface area contributed by atoms with Crippen molar-refractivity contribution in [2.75, 3.05) is 12.3 Å². The molecule has 5 nitrogen and oxygen atoms in total. The van der Waals surface area contributed by atoms with E-state index >= 15 is 0 Å². The van der Waals surface area contributed by atoms with Crippen molar-refractivity contribution in [3.63, 3.8) is 0 Å². The number of anilines is 1. The first kappa shape index (κ1) is 8.58. The monoisotopic (exact) mass is 169 g/mol. The molecule has 0 aromatic carbocycles. The van der Waals surface area contributed by atoms with Gasteiger partial charge in [-0.05, 0) is 6.42 Å². The standard InChI is InChI=1S/C7H11N3O2/c1-2-3-9-7(11)5-4-10-12-6(5)8/h4H,2-3,8H2,1H3,(H,9,11). The molecule has 0 unspecified atom stereocenters. The fraction of sp³-hybridized carbons (Fsp3) is 0.429. The minimum atomic E-state index is -0.240. The van der Waals surface area contributed by atoms with Gasteiger partial charge < -0.3 is 15.6 Å². The summed E-state index contributed by atoms with van der Waals surface area (Å²) in [6, 6.07) is 0. The van der Waals surface area contributed by atoms with E-state index in [-0.39, 0.29) is 11.8 Å². The first-order valence-corrected chi connectivity index (χ1v) is 3.74. The molecule has 0 saturated carbocycles. The highest BCUT2D eigenvalue weighted by molar-refractivity contribution is 5.97. The van der Waals surface area contributed by atoms with Gasteiger partial charge in [-0.15, -0.1) is 0 Å². The van der Waals surface area contributed by atoms with E-state index in [2.05, 4.69) is 15.0 Å². The summed E-state index contributed by atoms with van der Waals surface area (Å²) >= 11 is 0. The lowest BCUT2D eigenvalue weighted by molar-refractivity contribution is 0.0954. The molecule has 1 heterocycles. The predicted octanol–water partition coefficient (Wildman–Crippen LogP) is 0.397. The van der Waals surface area contributed by atoms with Crippen molar-refractivity contribution >= 4 is 11.8 Å². The fourth-order valence-corrected chi connectivity index (χ4v) is 0.753. The summed E-state index contributed by atoms with van der Waals surface area (Å²) in [5.74, 6) is -0.181. The van der Waals surface area contributed by atoms with Crippen LogP contribution in [0.2, 0.25) is 0 Å². The van der Waals surface area contributed by atoms with E-state index in [4.69, 9.17) is 5.73 Å². The van der Waals surface area contributed by atoms with E-state index in [9.17, 15) is 4.79 Å². The third-order valence-corrected chi connectivity index (χ3v) is 1.38. The number of nitrogens with two attached hydrogens (primary N) is 1. The van der Waals surface area contributed by atoms with Crippen molar-refractivity contribution in [3.05, 3.63) is 11.8 Å². The molecule has 0 spiro atoms. The molecule has 0 aliphatic rings. The summed E-state index contributed by atoms with van der Waals surface area (Å²) in [6.07, 6.45) is 2.19. The van der Waals surface area contributed by atoms with Crippen molar-refractivity contribution in [3.8, 4) is 0 Å². The lowest BCUT2D eigenvalue weighted by Crippen LogP contribution is -2.24.